The van der Waals surface area contributed by atoms with Crippen LogP contribution in [0.2, 0.25) is 0 Å². The lowest BCUT2D eigenvalue weighted by Gasteiger charge is -2.09. The molecule has 0 fully saturated rings. The van der Waals surface area contributed by atoms with Crippen LogP contribution in [0.15, 0.2) is 24.3 Å². The van der Waals surface area contributed by atoms with Crippen molar-refractivity contribution in [3.63, 3.8) is 0 Å². The van der Waals surface area contributed by atoms with Crippen LogP contribution in [0.1, 0.15) is 122 Å². The van der Waals surface area contributed by atoms with Gasteiger partial charge in [0.05, 0.1) is 6.10 Å². The second kappa shape index (κ2) is 23.6. The summed E-state index contributed by atoms with van der Waals surface area (Å²) in [5.74, 6) is -0.833. The number of carboxylic acid groups (broad SMARTS) is 1. The van der Waals surface area contributed by atoms with Gasteiger partial charge in [-0.15, -0.1) is 17.0 Å². The molecule has 0 aliphatic rings. The summed E-state index contributed by atoms with van der Waals surface area (Å²) in [6.45, 7) is 6.22. The maximum Gasteiger partial charge on any atom is 0.300 e. The van der Waals surface area contributed by atoms with Crippen LogP contribution < -0.4 is 5.32 Å². The Morgan fingerprint density at radius 2 is 1.16 bits per heavy atom. The number of hydrogen-bond donors (Lipinski definition) is 3. The Kier molecular flexibility index (Phi) is 24.4. The lowest BCUT2D eigenvalue weighted by Crippen LogP contribution is -2.01. The molecule has 0 aliphatic carbocycles. The minimum absolute atomic E-state index is 0. The van der Waals surface area contributed by atoms with Crippen molar-refractivity contribution in [3.8, 4) is 0 Å². The molecule has 3 N–H and O–H groups in total. The number of rotatable bonds is 17. The molecule has 0 aromatic heterocycles. The highest BCUT2D eigenvalue weighted by atomic mass is 79.9. The summed E-state index contributed by atoms with van der Waals surface area (Å²) >= 11 is 0. The molecule has 1 unspecified atom stereocenters. The van der Waals surface area contributed by atoms with Gasteiger partial charge in [-0.05, 0) is 31.0 Å². The lowest BCUT2D eigenvalue weighted by molar-refractivity contribution is -0.134. The number of aliphatic hydroxyl groups excluding tert-OH is 1. The molecule has 4 nitrogen and oxygen atoms in total. The minimum atomic E-state index is -0.833. The van der Waals surface area contributed by atoms with E-state index in [0.29, 0.717) is 0 Å². The molecule has 5 heteroatoms. The fraction of sp³-hybridized carbons (Fsp3) is 0.731. The number of aliphatic hydroxyl groups is 1. The van der Waals surface area contributed by atoms with E-state index in [4.69, 9.17) is 9.90 Å². The van der Waals surface area contributed by atoms with E-state index in [0.717, 1.165) is 24.7 Å². The van der Waals surface area contributed by atoms with Crippen LogP contribution >= 0.6 is 17.0 Å². The van der Waals surface area contributed by atoms with Crippen molar-refractivity contribution in [1.82, 2.24) is 0 Å². The van der Waals surface area contributed by atoms with E-state index >= 15 is 0 Å². The quantitative estimate of drug-likeness (QED) is 0.187. The van der Waals surface area contributed by atoms with Gasteiger partial charge in [-0.1, -0.05) is 103 Å². The summed E-state index contributed by atoms with van der Waals surface area (Å²) in [6, 6.07) is 8.12. The number of carbonyl (C=O) groups is 1. The van der Waals surface area contributed by atoms with Crippen LogP contribution in [-0.4, -0.2) is 22.7 Å². The van der Waals surface area contributed by atoms with Gasteiger partial charge >= 0.3 is 0 Å². The number of unbranched alkanes of at least 4 members (excludes halogenated alkanes) is 13. The van der Waals surface area contributed by atoms with Gasteiger partial charge in [0.25, 0.3) is 5.97 Å². The van der Waals surface area contributed by atoms with Gasteiger partial charge in [0.1, 0.15) is 0 Å². The minimum Gasteiger partial charge on any atom is -0.481 e. The predicted molar refractivity (Wildman–Crippen MR) is 140 cm³/mol. The molecule has 0 radical (unpaired) electrons. The molecule has 0 heterocycles. The average Bonchev–Trinajstić information content (AvgIpc) is 2.71. The Balaban J connectivity index is 0. The van der Waals surface area contributed by atoms with Gasteiger partial charge in [0.15, 0.2) is 0 Å². The van der Waals surface area contributed by atoms with Crippen molar-refractivity contribution in [1.29, 1.82) is 0 Å². The Morgan fingerprint density at radius 3 is 1.52 bits per heavy atom. The van der Waals surface area contributed by atoms with Crippen molar-refractivity contribution in [3.05, 3.63) is 29.8 Å². The van der Waals surface area contributed by atoms with E-state index in [-0.39, 0.29) is 23.1 Å². The van der Waals surface area contributed by atoms with E-state index in [2.05, 4.69) is 24.4 Å². The van der Waals surface area contributed by atoms with Crippen LogP contribution in [0.25, 0.3) is 0 Å². The molecule has 1 aromatic rings. The van der Waals surface area contributed by atoms with Crippen LogP contribution in [-0.2, 0) is 4.79 Å². The van der Waals surface area contributed by atoms with Crippen LogP contribution in [0.5, 0.6) is 0 Å². The van der Waals surface area contributed by atoms with Crippen molar-refractivity contribution in [2.24, 2.45) is 0 Å². The van der Waals surface area contributed by atoms with Crippen LogP contribution in [0, 0.1) is 0 Å². The Labute approximate surface area is 202 Å². The van der Waals surface area contributed by atoms with Gasteiger partial charge < -0.3 is 15.5 Å². The van der Waals surface area contributed by atoms with Gasteiger partial charge in [-0.25, -0.2) is 0 Å². The van der Waals surface area contributed by atoms with Crippen molar-refractivity contribution >= 4 is 28.6 Å². The third kappa shape index (κ3) is 23.4. The van der Waals surface area contributed by atoms with Gasteiger partial charge in [-0.2, -0.15) is 0 Å². The molecule has 0 saturated heterocycles. The van der Waals surface area contributed by atoms with Crippen molar-refractivity contribution in [2.45, 2.75) is 117 Å². The molecule has 182 valence electrons. The number of nitrogens with one attached hydrogen (secondary N) is 1. The summed E-state index contributed by atoms with van der Waals surface area (Å²) in [7, 11) is 0. The third-order valence-corrected chi connectivity index (χ3v) is 5.25. The standard InChI is InChI=1S/C24H43NO.C2H4O2.BrH/c1-3-4-5-6-7-8-9-10-11-12-13-14-15-16-21-25-24-19-17-23(18-20-24)22(2)26;1-2(3)4;/h17-20,22,25-26H,3-16,21H2,1-2H3;1H3,(H,3,4);1H. The van der Waals surface area contributed by atoms with E-state index in [1.165, 1.54) is 89.9 Å². The summed E-state index contributed by atoms with van der Waals surface area (Å²) in [5, 5.41) is 20.4. The van der Waals surface area contributed by atoms with Crippen molar-refractivity contribution < 1.29 is 15.0 Å². The van der Waals surface area contributed by atoms with E-state index < -0.39 is 5.97 Å². The Morgan fingerprint density at radius 1 is 0.806 bits per heavy atom. The summed E-state index contributed by atoms with van der Waals surface area (Å²) in [4.78, 5) is 9.00. The average molecular weight is 503 g/mol. The first-order chi connectivity index (χ1) is 14.5. The molecule has 0 aliphatic heterocycles. The highest BCUT2D eigenvalue weighted by Gasteiger charge is 2.00. The zero-order valence-electron chi connectivity index (χ0n) is 20.2. The monoisotopic (exact) mass is 501 g/mol. The van der Waals surface area contributed by atoms with Gasteiger partial charge in [-0.3, -0.25) is 4.79 Å². The first-order valence-corrected chi connectivity index (χ1v) is 12.2. The number of benzene rings is 1. The summed E-state index contributed by atoms with van der Waals surface area (Å²) in [5.41, 5.74) is 2.14. The van der Waals surface area contributed by atoms with E-state index in [9.17, 15) is 5.11 Å². The molecule has 1 aromatic carbocycles. The van der Waals surface area contributed by atoms with Crippen LogP contribution in [0.3, 0.4) is 0 Å². The number of aliphatic carboxylic acids is 1. The third-order valence-electron chi connectivity index (χ3n) is 5.25. The predicted octanol–water partition coefficient (Wildman–Crippen LogP) is 8.30. The van der Waals surface area contributed by atoms with E-state index in [1.807, 2.05) is 12.1 Å². The smallest absolute Gasteiger partial charge is 0.300 e. The Hall–Kier alpha value is -1.07. The molecular formula is C26H48BrNO3. The second-order valence-electron chi connectivity index (χ2n) is 8.34. The molecule has 1 rings (SSSR count). The van der Waals surface area contributed by atoms with Crippen molar-refractivity contribution in [2.75, 3.05) is 11.9 Å². The van der Waals surface area contributed by atoms with Gasteiger partial charge in [0.2, 0.25) is 0 Å². The molecule has 0 spiro atoms. The highest BCUT2D eigenvalue weighted by molar-refractivity contribution is 8.93. The maximum atomic E-state index is 9.51. The fourth-order valence-corrected chi connectivity index (χ4v) is 3.43. The number of halogens is 1. The molecule has 1 atom stereocenters. The molecule has 0 amide bonds. The summed E-state index contributed by atoms with van der Waals surface area (Å²) < 4.78 is 0. The molecule has 0 bridgehead atoms. The lowest BCUT2D eigenvalue weighted by atomic mass is 10.0. The molecule has 31 heavy (non-hydrogen) atoms. The van der Waals surface area contributed by atoms with Gasteiger partial charge in [0, 0.05) is 19.2 Å². The number of carboxylic acids is 1. The zero-order valence-corrected chi connectivity index (χ0v) is 21.9. The number of hydrogen-bond acceptors (Lipinski definition) is 3. The zero-order chi connectivity index (χ0) is 22.5. The highest BCUT2D eigenvalue weighted by Crippen LogP contribution is 2.16. The largest absolute Gasteiger partial charge is 0.481 e. The normalized spacial score (nSPS) is 11.1. The first-order valence-electron chi connectivity index (χ1n) is 12.2. The maximum absolute atomic E-state index is 9.51. The SMILES string of the molecule is Br.CC(=O)O.CCCCCCCCCCCCCCCCNc1ccc(C(C)O)cc1. The van der Waals surface area contributed by atoms with Crippen LogP contribution in [0.4, 0.5) is 5.69 Å². The Bertz CT molecular complexity index is 502. The van der Waals surface area contributed by atoms with E-state index in [1.54, 1.807) is 6.92 Å². The fourth-order valence-electron chi connectivity index (χ4n) is 3.43. The molecular weight excluding hydrogens is 454 g/mol. The molecule has 0 saturated carbocycles. The summed E-state index contributed by atoms with van der Waals surface area (Å²) in [6.07, 6.45) is 19.3. The first kappa shape index (κ1) is 32.1. The topological polar surface area (TPSA) is 69.6 Å². The second-order valence-corrected chi connectivity index (χ2v) is 8.34. The number of anilines is 1.